The first-order chi connectivity index (χ1) is 9.19. The Kier molecular flexibility index (Phi) is 7.42. The number of aliphatic hydroxyl groups is 1. The highest BCUT2D eigenvalue weighted by atomic mass is 16.3. The summed E-state index contributed by atoms with van der Waals surface area (Å²) in [5.74, 6) is 0.170. The van der Waals surface area contributed by atoms with Crippen molar-refractivity contribution >= 4 is 5.78 Å². The minimum Gasteiger partial charge on any atom is -0.389 e. The van der Waals surface area contributed by atoms with Gasteiger partial charge in [0.25, 0.3) is 0 Å². The number of hydrogen-bond acceptors (Lipinski definition) is 2. The summed E-state index contributed by atoms with van der Waals surface area (Å²) in [6.45, 7) is 4.26. The number of ketones is 1. The Labute approximate surface area is 116 Å². The highest BCUT2D eigenvalue weighted by Gasteiger charge is 2.20. The SMILES string of the molecule is CCCC=C1C(=O)C=CC1C=CC(O)CCCCC. The van der Waals surface area contributed by atoms with Gasteiger partial charge in [-0.05, 0) is 18.9 Å². The quantitative estimate of drug-likeness (QED) is 0.408. The molecule has 1 rings (SSSR count). The first kappa shape index (κ1) is 15.9. The van der Waals surface area contributed by atoms with Gasteiger partial charge in [-0.15, -0.1) is 0 Å². The van der Waals surface area contributed by atoms with E-state index in [1.54, 1.807) is 6.08 Å². The molecule has 2 nitrogen and oxygen atoms in total. The van der Waals surface area contributed by atoms with Crippen LogP contribution in [0.15, 0.2) is 36.0 Å². The van der Waals surface area contributed by atoms with E-state index in [4.69, 9.17) is 0 Å². The van der Waals surface area contributed by atoms with Crippen molar-refractivity contribution in [2.45, 2.75) is 58.5 Å². The van der Waals surface area contributed by atoms with Gasteiger partial charge in [-0.1, -0.05) is 63.8 Å². The van der Waals surface area contributed by atoms with Crippen LogP contribution in [0.25, 0.3) is 0 Å². The lowest BCUT2D eigenvalue weighted by molar-refractivity contribution is -0.111. The summed E-state index contributed by atoms with van der Waals surface area (Å²) in [5.41, 5.74) is 0.860. The smallest absolute Gasteiger partial charge is 0.182 e. The van der Waals surface area contributed by atoms with E-state index < -0.39 is 0 Å². The molecule has 1 aliphatic carbocycles. The van der Waals surface area contributed by atoms with Gasteiger partial charge in [0.05, 0.1) is 6.10 Å². The Bertz CT molecular complexity index is 363. The van der Waals surface area contributed by atoms with Gasteiger partial charge in [0.15, 0.2) is 5.78 Å². The molecule has 2 heteroatoms. The highest BCUT2D eigenvalue weighted by Crippen LogP contribution is 2.24. The molecule has 1 aliphatic rings. The minimum atomic E-state index is -0.386. The Balaban J connectivity index is 2.50. The van der Waals surface area contributed by atoms with Gasteiger partial charge in [0.1, 0.15) is 0 Å². The lowest BCUT2D eigenvalue weighted by atomic mass is 9.98. The first-order valence-corrected chi connectivity index (χ1v) is 7.48. The van der Waals surface area contributed by atoms with Gasteiger partial charge in [-0.3, -0.25) is 4.79 Å². The third kappa shape index (κ3) is 5.56. The molecule has 1 N–H and O–H groups in total. The zero-order valence-electron chi connectivity index (χ0n) is 12.1. The molecule has 0 amide bonds. The molecule has 19 heavy (non-hydrogen) atoms. The monoisotopic (exact) mass is 262 g/mol. The third-order valence-electron chi connectivity index (χ3n) is 3.40. The maximum absolute atomic E-state index is 11.7. The van der Waals surface area contributed by atoms with Crippen LogP contribution in [0.3, 0.4) is 0 Å². The lowest BCUT2D eigenvalue weighted by Gasteiger charge is -2.08. The molecule has 106 valence electrons. The van der Waals surface area contributed by atoms with Crippen LogP contribution in [0.1, 0.15) is 52.4 Å². The zero-order valence-corrected chi connectivity index (χ0v) is 12.1. The molecular weight excluding hydrogens is 236 g/mol. The van der Waals surface area contributed by atoms with Gasteiger partial charge in [0.2, 0.25) is 0 Å². The zero-order chi connectivity index (χ0) is 14.1. The van der Waals surface area contributed by atoms with Crippen LogP contribution in [-0.4, -0.2) is 17.0 Å². The topological polar surface area (TPSA) is 37.3 Å². The Morgan fingerprint density at radius 2 is 2.11 bits per heavy atom. The molecule has 0 heterocycles. The molecule has 0 saturated carbocycles. The molecule has 2 atom stereocenters. The van der Waals surface area contributed by atoms with Crippen LogP contribution < -0.4 is 0 Å². The molecule has 0 aromatic carbocycles. The van der Waals surface area contributed by atoms with Gasteiger partial charge in [0, 0.05) is 11.5 Å². The average molecular weight is 262 g/mol. The van der Waals surface area contributed by atoms with Gasteiger partial charge < -0.3 is 5.11 Å². The van der Waals surface area contributed by atoms with E-state index in [-0.39, 0.29) is 17.8 Å². The van der Waals surface area contributed by atoms with Crippen molar-refractivity contribution in [3.8, 4) is 0 Å². The maximum Gasteiger partial charge on any atom is 0.182 e. The van der Waals surface area contributed by atoms with E-state index in [9.17, 15) is 9.90 Å². The standard InChI is InChI=1S/C17H26O2/c1-3-5-7-8-15(18)12-10-14-11-13-17(19)16(14)9-6-4-2/h9-15,18H,3-8H2,1-2H3. The third-order valence-corrected chi connectivity index (χ3v) is 3.40. The summed E-state index contributed by atoms with van der Waals surface area (Å²) in [6, 6.07) is 0. The Morgan fingerprint density at radius 3 is 2.79 bits per heavy atom. The summed E-state index contributed by atoms with van der Waals surface area (Å²) in [4.78, 5) is 11.7. The van der Waals surface area contributed by atoms with Crippen LogP contribution >= 0.6 is 0 Å². The number of unbranched alkanes of at least 4 members (excludes halogenated alkanes) is 3. The fraction of sp³-hybridized carbons (Fsp3) is 0.588. The molecular formula is C17H26O2. The second-order valence-electron chi connectivity index (χ2n) is 5.15. The Hall–Kier alpha value is -1.15. The van der Waals surface area contributed by atoms with Crippen LogP contribution in [0, 0.1) is 5.92 Å². The highest BCUT2D eigenvalue weighted by molar-refractivity contribution is 6.07. The summed E-state index contributed by atoms with van der Waals surface area (Å²) in [6.07, 6.45) is 15.2. The number of carbonyl (C=O) groups is 1. The lowest BCUT2D eigenvalue weighted by Crippen LogP contribution is -2.05. The van der Waals surface area contributed by atoms with E-state index in [2.05, 4.69) is 13.8 Å². The average Bonchev–Trinajstić information content (AvgIpc) is 2.75. The van der Waals surface area contributed by atoms with E-state index >= 15 is 0 Å². The van der Waals surface area contributed by atoms with E-state index in [0.717, 1.165) is 37.7 Å². The fourth-order valence-corrected chi connectivity index (χ4v) is 2.21. The van der Waals surface area contributed by atoms with E-state index in [0.29, 0.717) is 0 Å². The van der Waals surface area contributed by atoms with E-state index in [1.807, 2.05) is 24.3 Å². The minimum absolute atomic E-state index is 0.0554. The van der Waals surface area contributed by atoms with Crippen LogP contribution in [0.2, 0.25) is 0 Å². The maximum atomic E-state index is 11.7. The molecule has 0 bridgehead atoms. The van der Waals surface area contributed by atoms with Crippen molar-refractivity contribution in [1.29, 1.82) is 0 Å². The van der Waals surface area contributed by atoms with Crippen LogP contribution in [0.4, 0.5) is 0 Å². The van der Waals surface area contributed by atoms with Crippen molar-refractivity contribution in [2.24, 2.45) is 5.92 Å². The molecule has 0 saturated heterocycles. The van der Waals surface area contributed by atoms with Crippen LogP contribution in [-0.2, 0) is 4.79 Å². The molecule has 0 aromatic rings. The van der Waals surface area contributed by atoms with Gasteiger partial charge in [-0.2, -0.15) is 0 Å². The van der Waals surface area contributed by atoms with Gasteiger partial charge in [-0.25, -0.2) is 0 Å². The summed E-state index contributed by atoms with van der Waals surface area (Å²) in [5, 5.41) is 9.85. The van der Waals surface area contributed by atoms with Crippen molar-refractivity contribution in [2.75, 3.05) is 0 Å². The second kappa shape index (κ2) is 8.87. The fourth-order valence-electron chi connectivity index (χ4n) is 2.21. The predicted octanol–water partition coefficient (Wildman–Crippen LogP) is 3.97. The van der Waals surface area contributed by atoms with Crippen molar-refractivity contribution in [3.05, 3.63) is 36.0 Å². The number of carbonyl (C=O) groups excluding carboxylic acids is 1. The number of hydrogen-bond donors (Lipinski definition) is 1. The molecule has 0 radical (unpaired) electrons. The van der Waals surface area contributed by atoms with Crippen molar-refractivity contribution < 1.29 is 9.90 Å². The first-order valence-electron chi connectivity index (χ1n) is 7.48. The van der Waals surface area contributed by atoms with Crippen LogP contribution in [0.5, 0.6) is 0 Å². The predicted molar refractivity (Wildman–Crippen MR) is 79.9 cm³/mol. The van der Waals surface area contributed by atoms with Crippen molar-refractivity contribution in [1.82, 2.24) is 0 Å². The number of allylic oxidation sites excluding steroid dienone is 5. The van der Waals surface area contributed by atoms with E-state index in [1.165, 1.54) is 6.42 Å². The number of rotatable bonds is 8. The summed E-state index contributed by atoms with van der Waals surface area (Å²) < 4.78 is 0. The molecule has 0 aromatic heterocycles. The normalized spacial score (nSPS) is 22.8. The summed E-state index contributed by atoms with van der Waals surface area (Å²) >= 11 is 0. The molecule has 0 spiro atoms. The van der Waals surface area contributed by atoms with Gasteiger partial charge >= 0.3 is 0 Å². The number of aliphatic hydroxyl groups excluding tert-OH is 1. The van der Waals surface area contributed by atoms with Crippen molar-refractivity contribution in [3.63, 3.8) is 0 Å². The molecule has 2 unspecified atom stereocenters. The summed E-state index contributed by atoms with van der Waals surface area (Å²) in [7, 11) is 0. The Morgan fingerprint density at radius 1 is 1.32 bits per heavy atom. The largest absolute Gasteiger partial charge is 0.389 e. The molecule has 0 fully saturated rings. The molecule has 0 aliphatic heterocycles. The second-order valence-corrected chi connectivity index (χ2v) is 5.15.